The van der Waals surface area contributed by atoms with Crippen LogP contribution in [0.3, 0.4) is 0 Å². The number of amides is 1. The summed E-state index contributed by atoms with van der Waals surface area (Å²) in [7, 11) is 1.58. The Balaban J connectivity index is 1.43. The topological polar surface area (TPSA) is 103 Å². The van der Waals surface area contributed by atoms with Gasteiger partial charge in [0.1, 0.15) is 0 Å². The minimum atomic E-state index is -4.69. The number of fused-ring (bicyclic) bond motifs is 1. The fourth-order valence-corrected chi connectivity index (χ4v) is 5.07. The summed E-state index contributed by atoms with van der Waals surface area (Å²) in [4.78, 5) is 27.0. The number of halogens is 3. The zero-order valence-corrected chi connectivity index (χ0v) is 21.9. The number of alkyl halides is 3. The number of carbonyl (C=O) groups excluding carboxylic acids is 2. The molecule has 0 bridgehead atoms. The van der Waals surface area contributed by atoms with E-state index in [0.29, 0.717) is 17.2 Å². The number of carbonyl (C=O) groups is 2. The van der Waals surface area contributed by atoms with E-state index in [1.165, 1.54) is 15.6 Å². The number of benzene rings is 2. The van der Waals surface area contributed by atoms with E-state index >= 15 is 0 Å². The van der Waals surface area contributed by atoms with Gasteiger partial charge in [-0.1, -0.05) is 6.07 Å². The van der Waals surface area contributed by atoms with Gasteiger partial charge >= 0.3 is 12.1 Å². The Hall–Kier alpha value is -4.06. The number of aromatic nitrogens is 2. The minimum Gasteiger partial charge on any atom is -0.464 e. The van der Waals surface area contributed by atoms with E-state index in [0.717, 1.165) is 6.07 Å². The van der Waals surface area contributed by atoms with Crippen LogP contribution in [0.1, 0.15) is 60.3 Å². The average Bonchev–Trinajstić information content (AvgIpc) is 3.60. The van der Waals surface area contributed by atoms with Crippen molar-refractivity contribution in [3.8, 4) is 17.2 Å². The van der Waals surface area contributed by atoms with Crippen molar-refractivity contribution >= 4 is 17.6 Å². The van der Waals surface area contributed by atoms with Crippen LogP contribution in [0.25, 0.3) is 5.69 Å². The molecule has 1 N–H and O–H groups in total. The molecule has 2 aromatic carbocycles. The molecule has 1 amide bonds. The standard InChI is InChI=1S/C28H28F3N3O6/c1-3-38-26(36)27(37)11-9-17(10-12-27)21-15-24(28(29,30)31)32-34(21)20-6-4-5-18(13-20)25(35)33(2)19-7-8-22-23(14-19)40-16-39-22/h4-8,13-15,17,37H,3,9-12,16H2,1-2H3. The third kappa shape index (κ3) is 5.23. The molecule has 9 nitrogen and oxygen atoms in total. The Morgan fingerprint density at radius 3 is 2.55 bits per heavy atom. The summed E-state index contributed by atoms with van der Waals surface area (Å²) in [6.45, 7) is 1.84. The second-order valence-corrected chi connectivity index (χ2v) is 9.84. The first kappa shape index (κ1) is 27.5. The molecule has 212 valence electrons. The molecule has 0 unspecified atom stereocenters. The molecule has 1 aliphatic carbocycles. The van der Waals surface area contributed by atoms with Crippen LogP contribution < -0.4 is 14.4 Å². The highest BCUT2D eigenvalue weighted by molar-refractivity contribution is 6.06. The summed E-state index contributed by atoms with van der Waals surface area (Å²) in [6.07, 6.45) is -4.09. The smallest absolute Gasteiger partial charge is 0.435 e. The maximum atomic E-state index is 13.7. The van der Waals surface area contributed by atoms with E-state index in [1.807, 2.05) is 0 Å². The number of nitrogens with zero attached hydrogens (tertiary/aromatic N) is 3. The molecule has 40 heavy (non-hydrogen) atoms. The van der Waals surface area contributed by atoms with Crippen LogP contribution in [0.4, 0.5) is 18.9 Å². The van der Waals surface area contributed by atoms with Crippen LogP contribution in [-0.4, -0.2) is 52.8 Å². The second kappa shape index (κ2) is 10.5. The first-order valence-electron chi connectivity index (χ1n) is 12.8. The summed E-state index contributed by atoms with van der Waals surface area (Å²) in [5.74, 6) is -0.442. The van der Waals surface area contributed by atoms with Gasteiger partial charge in [-0.3, -0.25) is 4.79 Å². The van der Waals surface area contributed by atoms with E-state index in [-0.39, 0.29) is 61.9 Å². The van der Waals surface area contributed by atoms with Crippen LogP contribution >= 0.6 is 0 Å². The largest absolute Gasteiger partial charge is 0.464 e. The highest BCUT2D eigenvalue weighted by Gasteiger charge is 2.43. The van der Waals surface area contributed by atoms with E-state index in [1.54, 1.807) is 50.4 Å². The third-order valence-electron chi connectivity index (χ3n) is 7.30. The quantitative estimate of drug-likeness (QED) is 0.431. The monoisotopic (exact) mass is 559 g/mol. The summed E-state index contributed by atoms with van der Waals surface area (Å²) in [5, 5.41) is 14.6. The lowest BCUT2D eigenvalue weighted by atomic mass is 9.77. The molecule has 2 heterocycles. The van der Waals surface area contributed by atoms with Crippen molar-refractivity contribution < 1.29 is 42.1 Å². The zero-order valence-electron chi connectivity index (χ0n) is 21.9. The maximum Gasteiger partial charge on any atom is 0.435 e. The molecule has 0 radical (unpaired) electrons. The third-order valence-corrected chi connectivity index (χ3v) is 7.30. The number of hydrogen-bond acceptors (Lipinski definition) is 7. The van der Waals surface area contributed by atoms with Gasteiger partial charge in [0.05, 0.1) is 12.3 Å². The van der Waals surface area contributed by atoms with Crippen LogP contribution in [0.2, 0.25) is 0 Å². The van der Waals surface area contributed by atoms with E-state index in [9.17, 15) is 27.9 Å². The number of aliphatic hydroxyl groups is 1. The summed E-state index contributed by atoms with van der Waals surface area (Å²) in [6, 6.07) is 12.3. The summed E-state index contributed by atoms with van der Waals surface area (Å²) < 4.78 is 58.0. The van der Waals surface area contributed by atoms with Crippen molar-refractivity contribution in [2.24, 2.45) is 0 Å². The van der Waals surface area contributed by atoms with Crippen LogP contribution in [-0.2, 0) is 15.7 Å². The normalized spacial score (nSPS) is 20.3. The molecule has 1 fully saturated rings. The first-order valence-corrected chi connectivity index (χ1v) is 12.8. The van der Waals surface area contributed by atoms with Gasteiger partial charge in [-0.25, -0.2) is 9.48 Å². The lowest BCUT2D eigenvalue weighted by Crippen LogP contribution is -2.43. The number of anilines is 1. The van der Waals surface area contributed by atoms with E-state index in [2.05, 4.69) is 5.10 Å². The van der Waals surface area contributed by atoms with Crippen LogP contribution in [0.5, 0.6) is 11.5 Å². The SMILES string of the molecule is CCOC(=O)C1(O)CCC(c2cc(C(F)(F)F)nn2-c2cccc(C(=O)N(C)c3ccc4c(c3)OCO4)c2)CC1. The zero-order chi connectivity index (χ0) is 28.7. The Bertz CT molecular complexity index is 1430. The van der Waals surface area contributed by atoms with Gasteiger partial charge in [-0.05, 0) is 69.0 Å². The van der Waals surface area contributed by atoms with Crippen LogP contribution in [0, 0.1) is 0 Å². The molecule has 1 saturated carbocycles. The number of esters is 1. The van der Waals surface area contributed by atoms with E-state index in [4.69, 9.17) is 14.2 Å². The molecule has 2 aliphatic rings. The number of rotatable bonds is 6. The van der Waals surface area contributed by atoms with Gasteiger partial charge in [-0.15, -0.1) is 0 Å². The highest BCUT2D eigenvalue weighted by atomic mass is 19.4. The molecule has 0 saturated heterocycles. The molecule has 3 aromatic rings. The molecule has 1 aromatic heterocycles. The lowest BCUT2D eigenvalue weighted by molar-refractivity contribution is -0.168. The Kier molecular flexibility index (Phi) is 7.21. The van der Waals surface area contributed by atoms with Crippen molar-refractivity contribution in [1.82, 2.24) is 9.78 Å². The maximum absolute atomic E-state index is 13.7. The number of ether oxygens (including phenoxy) is 3. The highest BCUT2D eigenvalue weighted by Crippen LogP contribution is 2.41. The Morgan fingerprint density at radius 2 is 1.85 bits per heavy atom. The summed E-state index contributed by atoms with van der Waals surface area (Å²) >= 11 is 0. The van der Waals surface area contributed by atoms with Crippen LogP contribution in [0.15, 0.2) is 48.5 Å². The first-order chi connectivity index (χ1) is 19.0. The number of hydrogen-bond donors (Lipinski definition) is 1. The fraction of sp³-hybridized carbons (Fsp3) is 0.393. The fourth-order valence-electron chi connectivity index (χ4n) is 5.07. The van der Waals surface area contributed by atoms with Crippen molar-refractivity contribution in [3.63, 3.8) is 0 Å². The lowest BCUT2D eigenvalue weighted by Gasteiger charge is -2.34. The molecular weight excluding hydrogens is 531 g/mol. The predicted octanol–water partition coefficient (Wildman–Crippen LogP) is 4.85. The van der Waals surface area contributed by atoms with Gasteiger partial charge in [-0.2, -0.15) is 18.3 Å². The van der Waals surface area contributed by atoms with Gasteiger partial charge in [0.2, 0.25) is 6.79 Å². The predicted molar refractivity (Wildman–Crippen MR) is 137 cm³/mol. The Labute approximate surface area is 228 Å². The van der Waals surface area contributed by atoms with Gasteiger partial charge in [0.25, 0.3) is 5.91 Å². The van der Waals surface area contributed by atoms with Crippen molar-refractivity contribution in [1.29, 1.82) is 0 Å². The molecule has 0 spiro atoms. The second-order valence-electron chi connectivity index (χ2n) is 9.84. The molecule has 1 aliphatic heterocycles. The van der Waals surface area contributed by atoms with Gasteiger partial charge in [0, 0.05) is 36.0 Å². The molecular formula is C28H28F3N3O6. The molecule has 0 atom stereocenters. The van der Waals surface area contributed by atoms with Gasteiger partial charge in [0.15, 0.2) is 22.8 Å². The average molecular weight is 560 g/mol. The van der Waals surface area contributed by atoms with Crippen molar-refractivity contribution in [2.45, 2.75) is 50.3 Å². The summed E-state index contributed by atoms with van der Waals surface area (Å²) in [5.41, 5.74) is -1.38. The van der Waals surface area contributed by atoms with Crippen molar-refractivity contribution in [2.75, 3.05) is 25.3 Å². The molecule has 12 heteroatoms. The minimum absolute atomic E-state index is 0.0435. The van der Waals surface area contributed by atoms with E-state index < -0.39 is 29.4 Å². The molecule has 5 rings (SSSR count). The van der Waals surface area contributed by atoms with Crippen molar-refractivity contribution in [3.05, 3.63) is 65.5 Å². The Morgan fingerprint density at radius 1 is 1.12 bits per heavy atom. The van der Waals surface area contributed by atoms with Gasteiger partial charge < -0.3 is 24.2 Å².